The Labute approximate surface area is 247 Å². The average molecular weight is 622 g/mol. The van der Waals surface area contributed by atoms with E-state index in [2.05, 4.69) is 5.32 Å². The largest absolute Gasteiger partial charge is 0.497 e. The standard InChI is InChI=1S/C26H43N3O14/c1-38-11-4-2-10(3-5-11)6-29-17-21(36)23(42-25-16(28)19(34)18(33)12(7-30)40-25)14(9-32)41-26(17)43-22-13(8-31)39-24(37)15(27)20(22)35/h2-5,12-26,29-37H,6-9,27-28H2,1H3/t12-,13-,14-,15-,16-,17-,18-,19-,20-,21-,22?,23?,24-,25+,26+/m1/s1. The predicted molar refractivity (Wildman–Crippen MR) is 143 cm³/mol. The van der Waals surface area contributed by atoms with E-state index in [0.29, 0.717) is 5.75 Å². The first-order valence-corrected chi connectivity index (χ1v) is 13.9. The Bertz CT molecular complexity index is 992. The van der Waals surface area contributed by atoms with E-state index in [1.165, 1.54) is 7.11 Å². The number of benzene rings is 1. The van der Waals surface area contributed by atoms with E-state index in [1.54, 1.807) is 24.3 Å². The van der Waals surface area contributed by atoms with Crippen molar-refractivity contribution in [2.24, 2.45) is 11.5 Å². The molecule has 15 atom stereocenters. The smallest absolute Gasteiger partial charge is 0.176 e. The van der Waals surface area contributed by atoms with Gasteiger partial charge in [-0.3, -0.25) is 0 Å². The molecule has 3 aliphatic rings. The lowest BCUT2D eigenvalue weighted by atomic mass is 9.94. The third kappa shape index (κ3) is 7.45. The average Bonchev–Trinajstić information content (AvgIpc) is 3.02. The monoisotopic (exact) mass is 621 g/mol. The van der Waals surface area contributed by atoms with Gasteiger partial charge < -0.3 is 86.1 Å². The highest BCUT2D eigenvalue weighted by molar-refractivity contribution is 5.27. The fourth-order valence-electron chi connectivity index (χ4n) is 5.35. The lowest BCUT2D eigenvalue weighted by Gasteiger charge is -2.49. The van der Waals surface area contributed by atoms with E-state index in [0.717, 1.165) is 5.56 Å². The van der Waals surface area contributed by atoms with Crippen molar-refractivity contribution in [3.63, 3.8) is 0 Å². The van der Waals surface area contributed by atoms with Gasteiger partial charge in [-0.25, -0.2) is 0 Å². The van der Waals surface area contributed by atoms with Crippen molar-refractivity contribution in [2.75, 3.05) is 26.9 Å². The Morgan fingerprint density at radius 3 is 1.86 bits per heavy atom. The molecule has 246 valence electrons. The normalized spacial score (nSPS) is 43.8. The maximum atomic E-state index is 11.6. The first kappa shape index (κ1) is 34.3. The summed E-state index contributed by atoms with van der Waals surface area (Å²) in [5, 5.41) is 85.5. The molecule has 3 aliphatic heterocycles. The van der Waals surface area contributed by atoms with Gasteiger partial charge in [-0.1, -0.05) is 12.1 Å². The minimum Gasteiger partial charge on any atom is -0.497 e. The third-order valence-corrected chi connectivity index (χ3v) is 7.99. The molecule has 4 rings (SSSR count). The number of nitrogens with one attached hydrogen (secondary N) is 1. The molecule has 0 amide bonds. The lowest BCUT2D eigenvalue weighted by Crippen LogP contribution is -2.69. The molecule has 3 saturated heterocycles. The van der Waals surface area contributed by atoms with Crippen molar-refractivity contribution >= 4 is 0 Å². The van der Waals surface area contributed by atoms with Crippen molar-refractivity contribution in [3.05, 3.63) is 29.8 Å². The fraction of sp³-hybridized carbons (Fsp3) is 0.769. The van der Waals surface area contributed by atoms with Crippen LogP contribution in [0.3, 0.4) is 0 Å². The zero-order valence-electron chi connectivity index (χ0n) is 23.5. The Kier molecular flexibility index (Phi) is 12.0. The minimum atomic E-state index is -1.58. The van der Waals surface area contributed by atoms with Gasteiger partial charge in [0.1, 0.15) is 60.7 Å². The van der Waals surface area contributed by atoms with Gasteiger partial charge in [0.15, 0.2) is 18.9 Å². The lowest BCUT2D eigenvalue weighted by molar-refractivity contribution is -0.350. The second kappa shape index (κ2) is 15.1. The minimum absolute atomic E-state index is 0.160. The number of aliphatic hydroxyl groups is 8. The molecule has 0 saturated carbocycles. The summed E-state index contributed by atoms with van der Waals surface area (Å²) in [6.45, 7) is -1.85. The second-order valence-electron chi connectivity index (χ2n) is 10.8. The molecular formula is C26H43N3O14. The van der Waals surface area contributed by atoms with Gasteiger partial charge in [0, 0.05) is 6.54 Å². The highest BCUT2D eigenvalue weighted by Gasteiger charge is 2.53. The topological polar surface area (TPSA) is 281 Å². The van der Waals surface area contributed by atoms with Crippen LogP contribution in [0.1, 0.15) is 5.56 Å². The number of hydrogen-bond acceptors (Lipinski definition) is 17. The molecule has 0 aliphatic carbocycles. The molecule has 13 N–H and O–H groups in total. The van der Waals surface area contributed by atoms with Gasteiger partial charge in [0.2, 0.25) is 0 Å². The molecule has 1 aromatic carbocycles. The van der Waals surface area contributed by atoms with E-state index >= 15 is 0 Å². The molecule has 3 heterocycles. The van der Waals surface area contributed by atoms with Gasteiger partial charge in [0.05, 0.1) is 45.1 Å². The van der Waals surface area contributed by atoms with Crippen LogP contribution in [0.2, 0.25) is 0 Å². The molecule has 0 aromatic heterocycles. The van der Waals surface area contributed by atoms with Gasteiger partial charge >= 0.3 is 0 Å². The van der Waals surface area contributed by atoms with Crippen LogP contribution < -0.4 is 21.5 Å². The summed E-state index contributed by atoms with van der Waals surface area (Å²) in [7, 11) is 1.53. The van der Waals surface area contributed by atoms with Crippen molar-refractivity contribution in [2.45, 2.75) is 98.5 Å². The van der Waals surface area contributed by atoms with E-state index < -0.39 is 112 Å². The van der Waals surface area contributed by atoms with Gasteiger partial charge in [-0.05, 0) is 17.7 Å². The second-order valence-corrected chi connectivity index (χ2v) is 10.8. The summed E-state index contributed by atoms with van der Waals surface area (Å²) in [5.41, 5.74) is 12.6. The quantitative estimate of drug-likeness (QED) is 0.110. The van der Waals surface area contributed by atoms with Crippen LogP contribution in [0.4, 0.5) is 0 Å². The van der Waals surface area contributed by atoms with Crippen LogP contribution in [0.25, 0.3) is 0 Å². The van der Waals surface area contributed by atoms with Crippen LogP contribution in [-0.4, -0.2) is 160 Å². The summed E-state index contributed by atoms with van der Waals surface area (Å²) in [6.07, 6.45) is -16.9. The highest BCUT2D eigenvalue weighted by atomic mass is 16.7. The summed E-state index contributed by atoms with van der Waals surface area (Å²) in [4.78, 5) is 0. The molecule has 0 bridgehead atoms. The number of hydrogen-bond donors (Lipinski definition) is 11. The third-order valence-electron chi connectivity index (χ3n) is 7.99. The Morgan fingerprint density at radius 1 is 0.698 bits per heavy atom. The maximum Gasteiger partial charge on any atom is 0.176 e. The number of ether oxygens (including phenoxy) is 6. The first-order valence-electron chi connectivity index (χ1n) is 13.9. The molecule has 17 nitrogen and oxygen atoms in total. The molecule has 0 spiro atoms. The molecule has 2 unspecified atom stereocenters. The molecule has 0 radical (unpaired) electrons. The zero-order valence-corrected chi connectivity index (χ0v) is 23.5. The summed E-state index contributed by atoms with van der Waals surface area (Å²) < 4.78 is 33.9. The van der Waals surface area contributed by atoms with Crippen molar-refractivity contribution in [3.8, 4) is 5.75 Å². The van der Waals surface area contributed by atoms with Crippen molar-refractivity contribution in [1.29, 1.82) is 0 Å². The molecule has 1 aromatic rings. The maximum absolute atomic E-state index is 11.6. The molecule has 3 fully saturated rings. The molecule has 17 heteroatoms. The molecule has 43 heavy (non-hydrogen) atoms. The number of rotatable bonds is 11. The van der Waals surface area contributed by atoms with Crippen LogP contribution in [0, 0.1) is 0 Å². The van der Waals surface area contributed by atoms with Crippen LogP contribution in [0.5, 0.6) is 5.75 Å². The zero-order chi connectivity index (χ0) is 31.4. The number of aliphatic hydroxyl groups excluding tert-OH is 8. The van der Waals surface area contributed by atoms with Crippen molar-refractivity contribution < 1.29 is 69.3 Å². The Balaban J connectivity index is 1.58. The predicted octanol–water partition coefficient (Wildman–Crippen LogP) is -5.83. The first-order chi connectivity index (χ1) is 20.5. The number of methoxy groups -OCH3 is 1. The summed E-state index contributed by atoms with van der Waals surface area (Å²) >= 11 is 0. The van der Waals surface area contributed by atoms with Crippen LogP contribution >= 0.6 is 0 Å². The SMILES string of the molecule is COc1ccc(CN[C@H]2[C@H](OC3[C@@H](CO)O[C@@H](O)[C@H](N)[C@H]3O)O[C@H](CO)C(O[C@@H]3O[C@H](CO)[C@@H](O)[C@H](O)[C@H]3N)[C@@H]2O)cc1. The molecular weight excluding hydrogens is 578 g/mol. The number of nitrogens with two attached hydrogens (primary N) is 2. The summed E-state index contributed by atoms with van der Waals surface area (Å²) in [5.74, 6) is 0.627. The van der Waals surface area contributed by atoms with Gasteiger partial charge in [0.25, 0.3) is 0 Å². The van der Waals surface area contributed by atoms with Gasteiger partial charge in [-0.15, -0.1) is 0 Å². The fourth-order valence-corrected chi connectivity index (χ4v) is 5.35. The van der Waals surface area contributed by atoms with Crippen LogP contribution in [0.15, 0.2) is 24.3 Å². The summed E-state index contributed by atoms with van der Waals surface area (Å²) in [6, 6.07) is 3.31. The van der Waals surface area contributed by atoms with E-state index in [1.807, 2.05) is 0 Å². The van der Waals surface area contributed by atoms with E-state index in [-0.39, 0.29) is 6.54 Å². The van der Waals surface area contributed by atoms with E-state index in [4.69, 9.17) is 39.9 Å². The Morgan fingerprint density at radius 2 is 1.26 bits per heavy atom. The van der Waals surface area contributed by atoms with Gasteiger partial charge in [-0.2, -0.15) is 0 Å². The van der Waals surface area contributed by atoms with Crippen LogP contribution in [-0.2, 0) is 30.2 Å². The Hall–Kier alpha value is -1.62. The van der Waals surface area contributed by atoms with E-state index in [9.17, 15) is 40.9 Å². The van der Waals surface area contributed by atoms with Crippen molar-refractivity contribution in [1.82, 2.24) is 5.32 Å². The highest BCUT2D eigenvalue weighted by Crippen LogP contribution is 2.32.